The molecule has 242 valence electrons. The van der Waals surface area contributed by atoms with E-state index in [1.54, 1.807) is 0 Å². The highest BCUT2D eigenvalue weighted by atomic mass is 15.1. The van der Waals surface area contributed by atoms with Gasteiger partial charge in [-0.2, -0.15) is 0 Å². The minimum absolute atomic E-state index is 0.868. The molecule has 0 saturated heterocycles. The molecule has 3 rings (SSSR count). The molecule has 0 heterocycles. The molecule has 0 radical (unpaired) electrons. The van der Waals surface area contributed by atoms with Crippen LogP contribution in [0.1, 0.15) is 95.2 Å². The summed E-state index contributed by atoms with van der Waals surface area (Å²) in [5, 5.41) is 3.62. The van der Waals surface area contributed by atoms with Crippen LogP contribution in [0.15, 0.2) is 122 Å². The van der Waals surface area contributed by atoms with Crippen molar-refractivity contribution in [2.24, 2.45) is 0 Å². The van der Waals surface area contributed by atoms with Gasteiger partial charge in [0.25, 0.3) is 0 Å². The summed E-state index contributed by atoms with van der Waals surface area (Å²) in [6.45, 7) is 33.2. The first-order chi connectivity index (χ1) is 21.2. The molecule has 0 spiro atoms. The molecule has 3 aromatic carbocycles. The van der Waals surface area contributed by atoms with Crippen molar-refractivity contribution in [3.63, 3.8) is 0 Å². The first-order valence-corrected chi connectivity index (χ1v) is 16.3. The lowest BCUT2D eigenvalue weighted by Gasteiger charge is -2.17. The summed E-state index contributed by atoms with van der Waals surface area (Å²) < 4.78 is 0. The van der Waals surface area contributed by atoms with Crippen LogP contribution >= 0.6 is 0 Å². The number of nitrogens with one attached hydrogen (secondary N) is 1. The van der Waals surface area contributed by atoms with Gasteiger partial charge in [-0.25, -0.2) is 0 Å². The minimum Gasteiger partial charge on any atom is -0.385 e. The van der Waals surface area contributed by atoms with Gasteiger partial charge in [0, 0.05) is 25.3 Å². The minimum atomic E-state index is 0.868. The Bertz CT molecular complexity index is 1190. The summed E-state index contributed by atoms with van der Waals surface area (Å²) in [5.74, 6) is 0. The van der Waals surface area contributed by atoms with Crippen molar-refractivity contribution in [3.05, 3.63) is 155 Å². The molecule has 0 saturated carbocycles. The first-order valence-electron chi connectivity index (χ1n) is 16.3. The number of allylic oxidation sites excluding steroid dienone is 5. The number of benzene rings is 3. The van der Waals surface area contributed by atoms with Crippen molar-refractivity contribution in [1.29, 1.82) is 0 Å². The van der Waals surface area contributed by atoms with E-state index in [-0.39, 0.29) is 0 Å². The second-order valence-electron chi connectivity index (χ2n) is 10.4. The third-order valence-electron chi connectivity index (χ3n) is 6.87. The normalized spacial score (nSPS) is 9.86. The van der Waals surface area contributed by atoms with Gasteiger partial charge in [0.15, 0.2) is 0 Å². The molecule has 44 heavy (non-hydrogen) atoms. The fourth-order valence-electron chi connectivity index (χ4n) is 3.97. The Hall–Kier alpha value is -3.62. The highest BCUT2D eigenvalue weighted by Gasteiger charge is 2.03. The van der Waals surface area contributed by atoms with Crippen molar-refractivity contribution < 1.29 is 0 Å². The van der Waals surface area contributed by atoms with Gasteiger partial charge < -0.3 is 5.32 Å². The van der Waals surface area contributed by atoms with Crippen LogP contribution < -0.4 is 5.32 Å². The summed E-state index contributed by atoms with van der Waals surface area (Å²) >= 11 is 0. The van der Waals surface area contributed by atoms with Crippen molar-refractivity contribution in [2.75, 3.05) is 7.05 Å². The van der Waals surface area contributed by atoms with E-state index in [4.69, 9.17) is 0 Å². The van der Waals surface area contributed by atoms with Crippen LogP contribution in [0, 0.1) is 13.8 Å². The first kappa shape index (κ1) is 42.5. The van der Waals surface area contributed by atoms with E-state index in [1.807, 2.05) is 33.8 Å². The quantitative estimate of drug-likeness (QED) is 0.175. The molecule has 0 atom stereocenters. The summed E-state index contributed by atoms with van der Waals surface area (Å²) in [4.78, 5) is 2.36. The van der Waals surface area contributed by atoms with E-state index in [1.165, 1.54) is 50.2 Å². The van der Waals surface area contributed by atoms with Crippen LogP contribution in [0.3, 0.4) is 0 Å². The zero-order valence-electron chi connectivity index (χ0n) is 30.2. The van der Waals surface area contributed by atoms with Gasteiger partial charge in [-0.3, -0.25) is 4.90 Å². The summed E-state index contributed by atoms with van der Waals surface area (Å²) in [6.07, 6.45) is 6.20. The molecule has 2 heteroatoms. The average Bonchev–Trinajstić information content (AvgIpc) is 3.06. The maximum atomic E-state index is 3.62. The maximum Gasteiger partial charge on any atom is 0.0397 e. The van der Waals surface area contributed by atoms with Gasteiger partial charge in [-0.1, -0.05) is 143 Å². The third-order valence-corrected chi connectivity index (χ3v) is 6.87. The van der Waals surface area contributed by atoms with Crippen LogP contribution in [-0.2, 0) is 26.1 Å². The topological polar surface area (TPSA) is 15.3 Å². The smallest absolute Gasteiger partial charge is 0.0397 e. The zero-order chi connectivity index (χ0) is 33.9. The molecule has 1 N–H and O–H groups in total. The molecule has 0 aromatic heterocycles. The summed E-state index contributed by atoms with van der Waals surface area (Å²) in [6, 6.07) is 26.4. The Kier molecular flexibility index (Phi) is 26.1. The average molecular weight is 597 g/mol. The number of aryl methyl sites for hydroxylation is 2. The Morgan fingerprint density at radius 1 is 0.750 bits per heavy atom. The molecule has 0 bridgehead atoms. The molecular formula is C42H64N2. The van der Waals surface area contributed by atoms with Crippen molar-refractivity contribution in [2.45, 2.75) is 102 Å². The molecule has 0 fully saturated rings. The van der Waals surface area contributed by atoms with Gasteiger partial charge in [0.1, 0.15) is 0 Å². The maximum absolute atomic E-state index is 3.62. The highest BCUT2D eigenvalue weighted by Crippen LogP contribution is 2.13. The Morgan fingerprint density at radius 3 is 1.66 bits per heavy atom. The van der Waals surface area contributed by atoms with Crippen molar-refractivity contribution in [1.82, 2.24) is 10.2 Å². The Morgan fingerprint density at radius 2 is 1.23 bits per heavy atom. The lowest BCUT2D eigenvalue weighted by Crippen LogP contribution is -2.17. The molecular weight excluding hydrogens is 532 g/mol. The predicted molar refractivity (Wildman–Crippen MR) is 201 cm³/mol. The van der Waals surface area contributed by atoms with Crippen molar-refractivity contribution in [3.8, 4) is 0 Å². The number of hydrogen-bond donors (Lipinski definition) is 1. The predicted octanol–water partition coefficient (Wildman–Crippen LogP) is 11.9. The fraction of sp³-hybridized carbons (Fsp3) is 0.381. The molecule has 2 nitrogen and oxygen atoms in total. The van der Waals surface area contributed by atoms with Gasteiger partial charge >= 0.3 is 0 Å². The Labute approximate surface area is 273 Å². The molecule has 0 aliphatic carbocycles. The number of rotatable bonds is 11. The van der Waals surface area contributed by atoms with Gasteiger partial charge in [0.05, 0.1) is 0 Å². The van der Waals surface area contributed by atoms with Crippen LogP contribution in [0.4, 0.5) is 0 Å². The fourth-order valence-corrected chi connectivity index (χ4v) is 3.97. The summed E-state index contributed by atoms with van der Waals surface area (Å²) in [5.41, 5.74) is 12.0. The lowest BCUT2D eigenvalue weighted by molar-refractivity contribution is 0.319. The molecule has 0 unspecified atom stereocenters. The molecule has 3 aromatic rings. The second-order valence-corrected chi connectivity index (χ2v) is 10.4. The van der Waals surface area contributed by atoms with E-state index < -0.39 is 0 Å². The third kappa shape index (κ3) is 18.8. The number of nitrogens with zero attached hydrogens (tertiary/aromatic N) is 1. The zero-order valence-corrected chi connectivity index (χ0v) is 30.2. The highest BCUT2D eigenvalue weighted by molar-refractivity contribution is 5.28. The van der Waals surface area contributed by atoms with E-state index in [9.17, 15) is 0 Å². The van der Waals surface area contributed by atoms with Gasteiger partial charge in [0.2, 0.25) is 0 Å². The van der Waals surface area contributed by atoms with Crippen molar-refractivity contribution >= 4 is 0 Å². The monoisotopic (exact) mass is 597 g/mol. The van der Waals surface area contributed by atoms with E-state index in [0.717, 1.165) is 32.5 Å². The van der Waals surface area contributed by atoms with Gasteiger partial charge in [-0.05, 0) is 82.3 Å². The number of hydrogen-bond acceptors (Lipinski definition) is 2. The van der Waals surface area contributed by atoms with Crippen LogP contribution in [-0.4, -0.2) is 11.9 Å². The summed E-state index contributed by atoms with van der Waals surface area (Å²) in [7, 11) is 2.18. The van der Waals surface area contributed by atoms with Crippen LogP contribution in [0.5, 0.6) is 0 Å². The Balaban J connectivity index is 0. The standard InChI is InChI=1S/C29H36N2.C7H12.2C2H6.C2H4/c1-5-29(19-18-28-9-7-6-8-24(28)3)30-20-25-14-16-27(17-15-25)22-31(4)21-26-12-10-23(2)11-13-26;1-5-7(4)6(2)3;3*1-2/h6-17,19,30H,5,18,20-22H2,1-4H3;5H,1H2,2-4H3;2*1-2H3;1-2H2/b29-19+;;;;. The van der Waals surface area contributed by atoms with Crippen LogP contribution in [0.2, 0.25) is 0 Å². The molecule has 0 aliphatic rings. The van der Waals surface area contributed by atoms with E-state index in [2.05, 4.69) is 157 Å². The van der Waals surface area contributed by atoms with Gasteiger partial charge in [-0.15, -0.1) is 13.2 Å². The lowest BCUT2D eigenvalue weighted by atomic mass is 10.0. The van der Waals surface area contributed by atoms with E-state index in [0.29, 0.717) is 0 Å². The second kappa shape index (κ2) is 27.0. The van der Waals surface area contributed by atoms with E-state index >= 15 is 0 Å². The molecule has 0 aliphatic heterocycles. The largest absolute Gasteiger partial charge is 0.385 e. The molecule has 0 amide bonds. The SMILES string of the molecule is C=C.C=CC(C)=C(C)C.CC.CC.CC/C(=C\Cc1ccccc1C)NCc1ccc(CN(C)Cc2ccc(C)cc2)cc1. The van der Waals surface area contributed by atoms with Crippen LogP contribution in [0.25, 0.3) is 0 Å².